The number of carboxylic acids is 1. The van der Waals surface area contributed by atoms with Crippen molar-refractivity contribution in [2.75, 3.05) is 0 Å². The minimum Gasteiger partial charge on any atom is -0.478 e. The molecule has 2 aromatic rings. The van der Waals surface area contributed by atoms with E-state index in [0.29, 0.717) is 11.5 Å². The maximum absolute atomic E-state index is 13.6. The molecule has 5 nitrogen and oxygen atoms in total. The summed E-state index contributed by atoms with van der Waals surface area (Å²) in [6.07, 6.45) is 1.27. The Morgan fingerprint density at radius 2 is 1.86 bits per heavy atom. The first kappa shape index (κ1) is 16.0. The van der Waals surface area contributed by atoms with Crippen LogP contribution in [0.3, 0.4) is 0 Å². The van der Waals surface area contributed by atoms with Gasteiger partial charge in [0.05, 0.1) is 5.02 Å². The molecule has 0 atom stereocenters. The molecule has 0 amide bonds. The molecule has 116 valence electrons. The molecule has 0 radical (unpaired) electrons. The molecule has 22 heavy (non-hydrogen) atoms. The Balaban J connectivity index is 2.11. The lowest BCUT2D eigenvalue weighted by Gasteiger charge is -2.21. The zero-order valence-electron chi connectivity index (χ0n) is 11.8. The summed E-state index contributed by atoms with van der Waals surface area (Å²) in [5.41, 5.74) is -1.35. The van der Waals surface area contributed by atoms with Crippen molar-refractivity contribution < 1.29 is 23.8 Å². The van der Waals surface area contributed by atoms with Gasteiger partial charge in [0.1, 0.15) is 11.5 Å². The van der Waals surface area contributed by atoms with Crippen molar-refractivity contribution in [1.82, 2.24) is 4.98 Å². The van der Waals surface area contributed by atoms with E-state index in [4.69, 9.17) is 26.2 Å². The number of benzene rings is 1. The number of ether oxygens (including phenoxy) is 2. The monoisotopic (exact) mass is 325 g/mol. The number of rotatable bonds is 5. The maximum Gasteiger partial charge on any atom is 0.347 e. The number of hydrogen-bond acceptors (Lipinski definition) is 4. The van der Waals surface area contributed by atoms with Crippen molar-refractivity contribution in [3.8, 4) is 17.4 Å². The van der Waals surface area contributed by atoms with Crippen molar-refractivity contribution in [1.29, 1.82) is 0 Å². The van der Waals surface area contributed by atoms with Crippen molar-refractivity contribution in [3.05, 3.63) is 47.4 Å². The van der Waals surface area contributed by atoms with Crippen LogP contribution in [0.2, 0.25) is 5.02 Å². The summed E-state index contributed by atoms with van der Waals surface area (Å²) in [6.45, 7) is 2.87. The fourth-order valence-electron chi connectivity index (χ4n) is 1.50. The molecule has 7 heteroatoms. The van der Waals surface area contributed by atoms with E-state index in [1.165, 1.54) is 44.3 Å². The maximum atomic E-state index is 13.6. The van der Waals surface area contributed by atoms with Gasteiger partial charge in [0, 0.05) is 6.20 Å². The van der Waals surface area contributed by atoms with Gasteiger partial charge in [-0.2, -0.15) is 0 Å². The molecule has 0 aliphatic rings. The van der Waals surface area contributed by atoms with Gasteiger partial charge in [-0.15, -0.1) is 0 Å². The zero-order valence-corrected chi connectivity index (χ0v) is 12.6. The Hall–Kier alpha value is -2.34. The first-order valence-electron chi connectivity index (χ1n) is 6.29. The summed E-state index contributed by atoms with van der Waals surface area (Å²) in [4.78, 5) is 14.7. The van der Waals surface area contributed by atoms with Crippen LogP contribution in [0.5, 0.6) is 17.4 Å². The Labute approximate surface area is 131 Å². The molecule has 0 aliphatic carbocycles. The fraction of sp³-hybridized carbons (Fsp3) is 0.200. The van der Waals surface area contributed by atoms with Gasteiger partial charge >= 0.3 is 5.97 Å². The van der Waals surface area contributed by atoms with Crippen LogP contribution in [-0.4, -0.2) is 21.7 Å². The Bertz CT molecular complexity index is 688. The summed E-state index contributed by atoms with van der Waals surface area (Å²) in [5, 5.41) is 9.17. The highest BCUT2D eigenvalue weighted by atomic mass is 35.5. The van der Waals surface area contributed by atoms with E-state index in [2.05, 4.69) is 4.98 Å². The molecule has 2 rings (SSSR count). The second-order valence-corrected chi connectivity index (χ2v) is 5.37. The van der Waals surface area contributed by atoms with Crippen molar-refractivity contribution >= 4 is 17.6 Å². The van der Waals surface area contributed by atoms with E-state index in [9.17, 15) is 9.18 Å². The number of carboxylic acid groups (broad SMARTS) is 1. The van der Waals surface area contributed by atoms with E-state index in [1.54, 1.807) is 0 Å². The van der Waals surface area contributed by atoms with Crippen LogP contribution in [-0.2, 0) is 4.79 Å². The van der Waals surface area contributed by atoms with Crippen LogP contribution >= 0.6 is 11.6 Å². The van der Waals surface area contributed by atoms with Gasteiger partial charge in [-0.3, -0.25) is 0 Å². The lowest BCUT2D eigenvalue weighted by Crippen LogP contribution is -2.37. The van der Waals surface area contributed by atoms with Gasteiger partial charge in [0.25, 0.3) is 5.88 Å². The van der Waals surface area contributed by atoms with Gasteiger partial charge in [-0.1, -0.05) is 11.6 Å². The Morgan fingerprint density at radius 1 is 1.27 bits per heavy atom. The van der Waals surface area contributed by atoms with E-state index < -0.39 is 17.4 Å². The summed E-state index contributed by atoms with van der Waals surface area (Å²) < 4.78 is 24.2. The minimum atomic E-state index is -1.35. The Kier molecular flexibility index (Phi) is 4.51. The van der Waals surface area contributed by atoms with E-state index in [1.807, 2.05) is 0 Å². The second-order valence-electron chi connectivity index (χ2n) is 4.93. The molecule has 0 aliphatic heterocycles. The molecule has 0 saturated carbocycles. The van der Waals surface area contributed by atoms with Crippen LogP contribution in [0, 0.1) is 5.82 Å². The average Bonchev–Trinajstić information content (AvgIpc) is 2.43. The SMILES string of the molecule is CC(C)(Oc1ccc(Oc2ncc(Cl)cc2F)cc1)C(=O)O. The van der Waals surface area contributed by atoms with Crippen molar-refractivity contribution in [2.24, 2.45) is 0 Å². The van der Waals surface area contributed by atoms with Gasteiger partial charge < -0.3 is 14.6 Å². The highest BCUT2D eigenvalue weighted by molar-refractivity contribution is 6.30. The summed E-state index contributed by atoms with van der Waals surface area (Å²) >= 11 is 5.61. The number of pyridine rings is 1. The predicted octanol–water partition coefficient (Wildman–Crippen LogP) is 3.91. The topological polar surface area (TPSA) is 68.7 Å². The molecular weight excluding hydrogens is 313 g/mol. The molecule has 0 bridgehead atoms. The number of hydrogen-bond donors (Lipinski definition) is 1. The Morgan fingerprint density at radius 3 is 2.41 bits per heavy atom. The molecule has 1 heterocycles. The third-order valence-corrected chi connectivity index (χ3v) is 2.91. The summed E-state index contributed by atoms with van der Waals surface area (Å²) in [6, 6.07) is 7.17. The number of carbonyl (C=O) groups is 1. The largest absolute Gasteiger partial charge is 0.478 e. The number of halogens is 2. The third-order valence-electron chi connectivity index (χ3n) is 2.70. The smallest absolute Gasteiger partial charge is 0.347 e. The van der Waals surface area contributed by atoms with Crippen LogP contribution in [0.15, 0.2) is 36.5 Å². The van der Waals surface area contributed by atoms with Gasteiger partial charge in [0.15, 0.2) is 11.4 Å². The first-order valence-corrected chi connectivity index (χ1v) is 6.67. The second kappa shape index (κ2) is 6.19. The van der Waals surface area contributed by atoms with Crippen molar-refractivity contribution in [3.63, 3.8) is 0 Å². The van der Waals surface area contributed by atoms with E-state index in [-0.39, 0.29) is 10.9 Å². The quantitative estimate of drug-likeness (QED) is 0.902. The molecule has 0 unspecified atom stereocenters. The molecule has 1 N–H and O–H groups in total. The van der Waals surface area contributed by atoms with E-state index in [0.717, 1.165) is 6.07 Å². The summed E-state index contributed by atoms with van der Waals surface area (Å²) in [5.74, 6) is -1.29. The van der Waals surface area contributed by atoms with Crippen LogP contribution < -0.4 is 9.47 Å². The molecule has 0 spiro atoms. The lowest BCUT2D eigenvalue weighted by atomic mass is 10.1. The van der Waals surface area contributed by atoms with Gasteiger partial charge in [-0.25, -0.2) is 14.2 Å². The standard InChI is InChI=1S/C15H13ClFNO4/c1-15(2,14(19)20)22-11-5-3-10(4-6-11)21-13-12(17)7-9(16)8-18-13/h3-8H,1-2H3,(H,19,20). The van der Waals surface area contributed by atoms with Crippen molar-refractivity contribution in [2.45, 2.75) is 19.4 Å². The number of aliphatic carboxylic acids is 1. The average molecular weight is 326 g/mol. The number of nitrogens with zero attached hydrogens (tertiary/aromatic N) is 1. The fourth-order valence-corrected chi connectivity index (χ4v) is 1.65. The lowest BCUT2D eigenvalue weighted by molar-refractivity contribution is -0.152. The molecular formula is C15H13ClFNO4. The normalized spacial score (nSPS) is 11.1. The predicted molar refractivity (Wildman–Crippen MR) is 78.1 cm³/mol. The van der Waals surface area contributed by atoms with E-state index >= 15 is 0 Å². The summed E-state index contributed by atoms with van der Waals surface area (Å²) in [7, 11) is 0. The zero-order chi connectivity index (χ0) is 16.3. The number of aromatic nitrogens is 1. The third kappa shape index (κ3) is 3.85. The molecule has 1 aromatic carbocycles. The van der Waals surface area contributed by atoms with Gasteiger partial charge in [0.2, 0.25) is 0 Å². The molecule has 0 saturated heterocycles. The molecule has 0 fully saturated rings. The van der Waals surface area contributed by atoms with Gasteiger partial charge in [-0.05, 0) is 44.2 Å². The van der Waals surface area contributed by atoms with Crippen LogP contribution in [0.4, 0.5) is 4.39 Å². The van der Waals surface area contributed by atoms with Crippen LogP contribution in [0.25, 0.3) is 0 Å². The van der Waals surface area contributed by atoms with Crippen LogP contribution in [0.1, 0.15) is 13.8 Å². The minimum absolute atomic E-state index is 0.171. The highest BCUT2D eigenvalue weighted by Gasteiger charge is 2.29. The molecule has 1 aromatic heterocycles. The first-order chi connectivity index (χ1) is 10.3. The highest BCUT2D eigenvalue weighted by Crippen LogP contribution is 2.27.